The van der Waals surface area contributed by atoms with E-state index >= 15 is 0 Å². The maximum atomic E-state index is 5.37. The van der Waals surface area contributed by atoms with E-state index in [9.17, 15) is 0 Å². The van der Waals surface area contributed by atoms with Crippen LogP contribution in [0.4, 0.5) is 5.69 Å². The average Bonchev–Trinajstić information content (AvgIpc) is 3.15. The molecular formula is C15H11BrN4O. The highest BCUT2D eigenvalue weighted by Crippen LogP contribution is 2.29. The van der Waals surface area contributed by atoms with Crippen LogP contribution in [0.25, 0.3) is 22.8 Å². The number of fused-ring (bicyclic) bond motifs is 1. The van der Waals surface area contributed by atoms with Crippen molar-refractivity contribution in [1.82, 2.24) is 15.1 Å². The summed E-state index contributed by atoms with van der Waals surface area (Å²) >= 11 is 3.39. The molecule has 0 radical (unpaired) electrons. The number of nitrogens with zero attached hydrogens (tertiary/aromatic N) is 3. The zero-order valence-electron chi connectivity index (χ0n) is 11.0. The molecule has 104 valence electrons. The lowest BCUT2D eigenvalue weighted by Gasteiger charge is -2.00. The van der Waals surface area contributed by atoms with Gasteiger partial charge in [0.15, 0.2) is 0 Å². The van der Waals surface area contributed by atoms with Crippen molar-refractivity contribution in [3.05, 3.63) is 46.7 Å². The lowest BCUT2D eigenvalue weighted by Crippen LogP contribution is -1.91. The fraction of sp³-hybridized carbons (Fsp3) is 0.133. The van der Waals surface area contributed by atoms with Crippen LogP contribution in [0.15, 0.2) is 45.7 Å². The first kappa shape index (κ1) is 12.5. The van der Waals surface area contributed by atoms with Crippen molar-refractivity contribution in [3.63, 3.8) is 0 Å². The van der Waals surface area contributed by atoms with Crippen LogP contribution in [0.1, 0.15) is 5.56 Å². The zero-order valence-corrected chi connectivity index (χ0v) is 12.6. The van der Waals surface area contributed by atoms with Crippen molar-refractivity contribution in [2.75, 3.05) is 11.9 Å². The minimum Gasteiger partial charge on any atom is -0.384 e. The summed E-state index contributed by atoms with van der Waals surface area (Å²) in [5.74, 6) is 1.05. The molecule has 0 unspecified atom stereocenters. The number of anilines is 1. The predicted molar refractivity (Wildman–Crippen MR) is 82.9 cm³/mol. The summed E-state index contributed by atoms with van der Waals surface area (Å²) in [6.45, 7) is 0.984. The molecule has 0 atom stereocenters. The molecule has 0 bridgehead atoms. The summed E-state index contributed by atoms with van der Waals surface area (Å²) in [5.41, 5.74) is 4.22. The van der Waals surface area contributed by atoms with Crippen LogP contribution in [-0.4, -0.2) is 21.7 Å². The third-order valence-electron chi connectivity index (χ3n) is 3.46. The summed E-state index contributed by atoms with van der Waals surface area (Å²) in [6, 6.07) is 8.09. The van der Waals surface area contributed by atoms with E-state index in [1.807, 2.05) is 12.1 Å². The summed E-state index contributed by atoms with van der Waals surface area (Å²) in [7, 11) is 0. The Morgan fingerprint density at radius 2 is 2.10 bits per heavy atom. The number of pyridine rings is 1. The van der Waals surface area contributed by atoms with Gasteiger partial charge < -0.3 is 9.84 Å². The van der Waals surface area contributed by atoms with Crippen molar-refractivity contribution >= 4 is 21.6 Å². The summed E-state index contributed by atoms with van der Waals surface area (Å²) < 4.78 is 6.26. The van der Waals surface area contributed by atoms with Crippen LogP contribution in [0.2, 0.25) is 0 Å². The van der Waals surface area contributed by atoms with E-state index in [2.05, 4.69) is 48.5 Å². The van der Waals surface area contributed by atoms with Crippen molar-refractivity contribution in [2.45, 2.75) is 6.42 Å². The van der Waals surface area contributed by atoms with Gasteiger partial charge in [-0.25, -0.2) is 0 Å². The van der Waals surface area contributed by atoms with E-state index in [-0.39, 0.29) is 0 Å². The molecule has 4 rings (SSSR count). The molecule has 6 heteroatoms. The Morgan fingerprint density at radius 3 is 3.00 bits per heavy atom. The molecule has 3 aromatic rings. The van der Waals surface area contributed by atoms with Gasteiger partial charge in [-0.3, -0.25) is 4.98 Å². The number of halogens is 1. The Balaban J connectivity index is 1.71. The molecule has 5 nitrogen and oxygen atoms in total. The molecule has 0 saturated carbocycles. The van der Waals surface area contributed by atoms with Crippen molar-refractivity contribution in [3.8, 4) is 22.8 Å². The van der Waals surface area contributed by atoms with Crippen LogP contribution in [-0.2, 0) is 6.42 Å². The number of nitrogens with one attached hydrogen (secondary N) is 1. The van der Waals surface area contributed by atoms with Gasteiger partial charge in [-0.15, -0.1) is 0 Å². The van der Waals surface area contributed by atoms with Crippen molar-refractivity contribution < 1.29 is 4.52 Å². The number of benzene rings is 1. The zero-order chi connectivity index (χ0) is 14.2. The normalized spacial score (nSPS) is 13.0. The highest BCUT2D eigenvalue weighted by molar-refractivity contribution is 9.10. The van der Waals surface area contributed by atoms with Crippen LogP contribution < -0.4 is 5.32 Å². The topological polar surface area (TPSA) is 63.8 Å². The highest BCUT2D eigenvalue weighted by Gasteiger charge is 2.15. The third kappa shape index (κ3) is 2.31. The van der Waals surface area contributed by atoms with Crippen LogP contribution in [0.3, 0.4) is 0 Å². The molecule has 3 heterocycles. The molecule has 1 N–H and O–H groups in total. The van der Waals surface area contributed by atoms with Crippen LogP contribution in [0, 0.1) is 0 Å². The van der Waals surface area contributed by atoms with E-state index in [0.717, 1.165) is 34.3 Å². The maximum Gasteiger partial charge on any atom is 0.258 e. The number of aromatic nitrogens is 3. The van der Waals surface area contributed by atoms with E-state index in [1.165, 1.54) is 5.56 Å². The molecule has 1 aliphatic rings. The van der Waals surface area contributed by atoms with E-state index in [0.29, 0.717) is 11.7 Å². The maximum absolute atomic E-state index is 5.37. The van der Waals surface area contributed by atoms with Gasteiger partial charge in [0.1, 0.15) is 0 Å². The first-order chi connectivity index (χ1) is 10.3. The Labute approximate surface area is 129 Å². The third-order valence-corrected chi connectivity index (χ3v) is 3.89. The van der Waals surface area contributed by atoms with E-state index in [1.54, 1.807) is 12.4 Å². The van der Waals surface area contributed by atoms with Gasteiger partial charge in [0.2, 0.25) is 5.82 Å². The van der Waals surface area contributed by atoms with Crippen molar-refractivity contribution in [2.24, 2.45) is 0 Å². The van der Waals surface area contributed by atoms with Gasteiger partial charge >= 0.3 is 0 Å². The molecular weight excluding hydrogens is 332 g/mol. The average molecular weight is 343 g/mol. The highest BCUT2D eigenvalue weighted by atomic mass is 79.9. The smallest absolute Gasteiger partial charge is 0.258 e. The summed E-state index contributed by atoms with van der Waals surface area (Å²) in [6.07, 6.45) is 4.49. The quantitative estimate of drug-likeness (QED) is 0.771. The summed E-state index contributed by atoms with van der Waals surface area (Å²) in [4.78, 5) is 8.56. The van der Waals surface area contributed by atoms with Crippen molar-refractivity contribution in [1.29, 1.82) is 0 Å². The second-order valence-electron chi connectivity index (χ2n) is 4.86. The Hall–Kier alpha value is -2.21. The first-order valence-corrected chi connectivity index (χ1v) is 7.41. The lowest BCUT2D eigenvalue weighted by atomic mass is 10.1. The van der Waals surface area contributed by atoms with Gasteiger partial charge in [-0.2, -0.15) is 4.98 Å². The number of hydrogen-bond donors (Lipinski definition) is 1. The SMILES string of the molecule is Brc1cncc(-c2noc(-c3ccc4c(c3)NCC4)n2)c1. The molecule has 0 amide bonds. The Morgan fingerprint density at radius 1 is 1.14 bits per heavy atom. The fourth-order valence-electron chi connectivity index (χ4n) is 2.42. The van der Waals surface area contributed by atoms with Gasteiger partial charge in [-0.1, -0.05) is 11.2 Å². The van der Waals surface area contributed by atoms with Gasteiger partial charge in [0, 0.05) is 40.2 Å². The Bertz CT molecular complexity index is 815. The second-order valence-corrected chi connectivity index (χ2v) is 5.78. The monoisotopic (exact) mass is 342 g/mol. The Kier molecular flexibility index (Phi) is 2.96. The van der Waals surface area contributed by atoms with E-state index in [4.69, 9.17) is 4.52 Å². The van der Waals surface area contributed by atoms with Gasteiger partial charge in [0.25, 0.3) is 5.89 Å². The standard InChI is InChI=1S/C15H11BrN4O/c16-12-5-11(7-17-8-12)14-19-15(21-20-14)10-2-1-9-3-4-18-13(9)6-10/h1-2,5-8,18H,3-4H2. The molecule has 2 aromatic heterocycles. The van der Waals surface area contributed by atoms with Gasteiger partial charge in [-0.05, 0) is 46.1 Å². The first-order valence-electron chi connectivity index (χ1n) is 6.61. The molecule has 0 spiro atoms. The molecule has 21 heavy (non-hydrogen) atoms. The minimum absolute atomic E-state index is 0.515. The second kappa shape index (κ2) is 4.96. The molecule has 1 aromatic carbocycles. The largest absolute Gasteiger partial charge is 0.384 e. The minimum atomic E-state index is 0.515. The fourth-order valence-corrected chi connectivity index (χ4v) is 2.78. The molecule has 0 fully saturated rings. The van der Waals surface area contributed by atoms with E-state index < -0.39 is 0 Å². The van der Waals surface area contributed by atoms with Crippen LogP contribution in [0.5, 0.6) is 0 Å². The molecule has 1 aliphatic heterocycles. The number of rotatable bonds is 2. The molecule has 0 aliphatic carbocycles. The number of hydrogen-bond acceptors (Lipinski definition) is 5. The lowest BCUT2D eigenvalue weighted by molar-refractivity contribution is 0.432. The molecule has 0 saturated heterocycles. The van der Waals surface area contributed by atoms with Crippen LogP contribution >= 0.6 is 15.9 Å². The van der Waals surface area contributed by atoms with Gasteiger partial charge in [0.05, 0.1) is 0 Å². The predicted octanol–water partition coefficient (Wildman–Crippen LogP) is 3.53. The summed E-state index contributed by atoms with van der Waals surface area (Å²) in [5, 5.41) is 7.38.